The maximum atomic E-state index is 12.5. The minimum atomic E-state index is -0.583. The predicted octanol–water partition coefficient (Wildman–Crippen LogP) is 3.84. The van der Waals surface area contributed by atoms with Crippen molar-refractivity contribution in [2.45, 2.75) is 45.3 Å². The molecule has 6 rings (SSSR count). The number of hydrogen-bond acceptors (Lipinski definition) is 7. The number of β-amino-alcohol motifs (C(OH)–C–C–N with tert-alkyl or cyclic N) is 1. The number of aliphatic hydroxyl groups excluding tert-OH is 1. The summed E-state index contributed by atoms with van der Waals surface area (Å²) in [6.45, 7) is 7.08. The van der Waals surface area contributed by atoms with E-state index < -0.39 is 6.10 Å². The van der Waals surface area contributed by atoms with Gasteiger partial charge in [-0.1, -0.05) is 36.4 Å². The third-order valence-electron chi connectivity index (χ3n) is 9.02. The second-order valence-electron chi connectivity index (χ2n) is 10.9. The molecule has 1 N–H and O–H groups in total. The van der Waals surface area contributed by atoms with Gasteiger partial charge in [-0.05, 0) is 73.9 Å². The molecule has 4 aliphatic heterocycles. The monoisotopic (exact) mass is 502 g/mol. The largest absolute Gasteiger partial charge is 0.457 e. The Labute approximate surface area is 217 Å². The lowest BCUT2D eigenvalue weighted by molar-refractivity contribution is -0.134. The third kappa shape index (κ3) is 4.44. The minimum absolute atomic E-state index is 0.217. The van der Waals surface area contributed by atoms with E-state index in [9.17, 15) is 14.7 Å². The molecule has 0 aromatic heterocycles. The van der Waals surface area contributed by atoms with Crippen LogP contribution in [0, 0.1) is 12.3 Å². The fourth-order valence-electron chi connectivity index (χ4n) is 6.57. The lowest BCUT2D eigenvalue weighted by Gasteiger charge is -2.48. The van der Waals surface area contributed by atoms with Gasteiger partial charge in [0.05, 0.1) is 22.9 Å². The van der Waals surface area contributed by atoms with E-state index in [4.69, 9.17) is 9.47 Å². The van der Waals surface area contributed by atoms with Crippen molar-refractivity contribution in [3.8, 4) is 0 Å². The summed E-state index contributed by atoms with van der Waals surface area (Å²) < 4.78 is 10.6. The molecule has 0 amide bonds. The van der Waals surface area contributed by atoms with Crippen LogP contribution in [-0.2, 0) is 20.9 Å². The smallest absolute Gasteiger partial charge is 0.341 e. The number of fused-ring (bicyclic) bond motifs is 1. The summed E-state index contributed by atoms with van der Waals surface area (Å²) in [7, 11) is 0. The van der Waals surface area contributed by atoms with E-state index in [1.807, 2.05) is 43.3 Å². The highest BCUT2D eigenvalue weighted by Crippen LogP contribution is 2.43. The number of aliphatic hydroxyl groups is 1. The van der Waals surface area contributed by atoms with Gasteiger partial charge in [-0.3, -0.25) is 0 Å². The average molecular weight is 503 g/mol. The van der Waals surface area contributed by atoms with Crippen molar-refractivity contribution in [1.29, 1.82) is 0 Å². The summed E-state index contributed by atoms with van der Waals surface area (Å²) in [5, 5.41) is 11.0. The van der Waals surface area contributed by atoms with Gasteiger partial charge in [-0.25, -0.2) is 9.59 Å². The van der Waals surface area contributed by atoms with Gasteiger partial charge in [0.1, 0.15) is 13.2 Å². The number of ether oxygens (including phenoxy) is 2. The number of carbonyl (C=O) groups excluding carboxylic acids is 2. The molecule has 37 heavy (non-hydrogen) atoms. The highest BCUT2D eigenvalue weighted by Gasteiger charge is 2.40. The highest BCUT2D eigenvalue weighted by atomic mass is 16.5. The van der Waals surface area contributed by atoms with E-state index in [2.05, 4.69) is 9.80 Å². The molecule has 4 aliphatic rings. The van der Waals surface area contributed by atoms with Crippen LogP contribution in [0.4, 0.5) is 0 Å². The first kappa shape index (κ1) is 24.2. The Morgan fingerprint density at radius 1 is 0.892 bits per heavy atom. The van der Waals surface area contributed by atoms with Crippen LogP contribution < -0.4 is 0 Å². The number of benzene rings is 2. The van der Waals surface area contributed by atoms with E-state index in [1.54, 1.807) is 6.07 Å². The first-order chi connectivity index (χ1) is 17.9. The van der Waals surface area contributed by atoms with Gasteiger partial charge in [-0.15, -0.1) is 0 Å². The summed E-state index contributed by atoms with van der Waals surface area (Å²) in [6.07, 6.45) is 3.89. The van der Waals surface area contributed by atoms with Crippen LogP contribution in [0.25, 0.3) is 5.57 Å². The van der Waals surface area contributed by atoms with Crippen molar-refractivity contribution in [3.05, 3.63) is 76.0 Å². The third-order valence-corrected chi connectivity index (χ3v) is 9.02. The Morgan fingerprint density at radius 2 is 1.57 bits per heavy atom. The molecule has 0 aliphatic carbocycles. The van der Waals surface area contributed by atoms with Crippen LogP contribution in [0.2, 0.25) is 0 Å². The number of carbonyl (C=O) groups is 2. The van der Waals surface area contributed by atoms with E-state index in [0.29, 0.717) is 30.7 Å². The number of esters is 2. The van der Waals surface area contributed by atoms with Gasteiger partial charge in [0, 0.05) is 25.2 Å². The van der Waals surface area contributed by atoms with Crippen LogP contribution in [0.3, 0.4) is 0 Å². The second-order valence-corrected chi connectivity index (χ2v) is 10.9. The molecule has 0 bridgehead atoms. The van der Waals surface area contributed by atoms with Crippen molar-refractivity contribution in [1.82, 2.24) is 9.80 Å². The predicted molar refractivity (Wildman–Crippen MR) is 138 cm³/mol. The van der Waals surface area contributed by atoms with Crippen LogP contribution >= 0.6 is 0 Å². The van der Waals surface area contributed by atoms with Gasteiger partial charge < -0.3 is 24.4 Å². The number of nitrogens with zero attached hydrogens (tertiary/aromatic N) is 2. The summed E-state index contributed by atoms with van der Waals surface area (Å²) in [5.74, 6) is -0.489. The molecule has 1 atom stereocenters. The van der Waals surface area contributed by atoms with Crippen molar-refractivity contribution in [3.63, 3.8) is 0 Å². The van der Waals surface area contributed by atoms with Gasteiger partial charge >= 0.3 is 11.9 Å². The van der Waals surface area contributed by atoms with Crippen molar-refractivity contribution >= 4 is 17.5 Å². The van der Waals surface area contributed by atoms with E-state index in [0.717, 1.165) is 85.4 Å². The highest BCUT2D eigenvalue weighted by molar-refractivity contribution is 6.19. The normalized spacial score (nSPS) is 22.3. The molecule has 1 spiro atoms. The standard InChI is InChI=1S/C30H34N2O5/c1-20-22(7-8-23-24(20)18-36-28(23)34)26(33)17-31-13-9-30(10-14-31)11-15-32(16-12-30)25-19-37-29(35)27(25)21-5-3-2-4-6-21/h2-8,26,33H,9-19H2,1H3. The first-order valence-corrected chi connectivity index (χ1v) is 13.3. The number of piperidine rings is 2. The first-order valence-electron chi connectivity index (χ1n) is 13.3. The van der Waals surface area contributed by atoms with Crippen LogP contribution in [0.15, 0.2) is 48.2 Å². The molecular weight excluding hydrogens is 468 g/mol. The fraction of sp³-hybridized carbons (Fsp3) is 0.467. The molecule has 2 saturated heterocycles. The molecule has 0 saturated carbocycles. The number of rotatable bonds is 5. The molecule has 2 aromatic carbocycles. The maximum Gasteiger partial charge on any atom is 0.341 e. The van der Waals surface area contributed by atoms with Crippen LogP contribution in [0.5, 0.6) is 0 Å². The zero-order valence-corrected chi connectivity index (χ0v) is 21.4. The van der Waals surface area contributed by atoms with E-state index in [-0.39, 0.29) is 11.9 Å². The van der Waals surface area contributed by atoms with Crippen molar-refractivity contribution in [2.24, 2.45) is 5.41 Å². The Bertz CT molecular complexity index is 1240. The lowest BCUT2D eigenvalue weighted by atomic mass is 9.71. The molecule has 4 heterocycles. The zero-order chi connectivity index (χ0) is 25.6. The minimum Gasteiger partial charge on any atom is -0.457 e. The van der Waals surface area contributed by atoms with Crippen LogP contribution in [0.1, 0.15) is 64.4 Å². The molecule has 2 aromatic rings. The zero-order valence-electron chi connectivity index (χ0n) is 21.4. The fourth-order valence-corrected chi connectivity index (χ4v) is 6.57. The molecule has 0 radical (unpaired) electrons. The molecule has 7 heteroatoms. The molecule has 1 unspecified atom stereocenters. The topological polar surface area (TPSA) is 79.3 Å². The second kappa shape index (κ2) is 9.62. The Balaban J connectivity index is 1.06. The van der Waals surface area contributed by atoms with Gasteiger partial charge in [0.2, 0.25) is 0 Å². The van der Waals surface area contributed by atoms with Gasteiger partial charge in [-0.2, -0.15) is 0 Å². The molecule has 2 fully saturated rings. The Morgan fingerprint density at radius 3 is 2.30 bits per heavy atom. The number of likely N-dealkylation sites (tertiary alicyclic amines) is 2. The van der Waals surface area contributed by atoms with Gasteiger partial charge in [0.25, 0.3) is 0 Å². The van der Waals surface area contributed by atoms with Crippen LogP contribution in [-0.4, -0.2) is 66.2 Å². The number of cyclic esters (lactones) is 2. The maximum absolute atomic E-state index is 12.5. The molecule has 7 nitrogen and oxygen atoms in total. The quantitative estimate of drug-likeness (QED) is 0.623. The average Bonchev–Trinajstić information content (AvgIpc) is 3.49. The summed E-state index contributed by atoms with van der Waals surface area (Å²) in [6, 6.07) is 13.5. The molecule has 194 valence electrons. The summed E-state index contributed by atoms with van der Waals surface area (Å²) >= 11 is 0. The van der Waals surface area contributed by atoms with E-state index in [1.165, 1.54) is 0 Å². The Hall–Kier alpha value is -3.16. The summed E-state index contributed by atoms with van der Waals surface area (Å²) in [4.78, 5) is 29.1. The summed E-state index contributed by atoms with van der Waals surface area (Å²) in [5.41, 5.74) is 6.41. The molecular formula is C30H34N2O5. The lowest BCUT2D eigenvalue weighted by Crippen LogP contribution is -2.47. The number of hydrogen-bond donors (Lipinski definition) is 1. The SMILES string of the molecule is Cc1c(C(O)CN2CCC3(CC2)CCN(C2=C(c4ccccc4)C(=O)OC2)CC3)ccc2c1COC2=O. The van der Waals surface area contributed by atoms with Crippen molar-refractivity contribution in [2.75, 3.05) is 39.3 Å². The van der Waals surface area contributed by atoms with E-state index >= 15 is 0 Å². The van der Waals surface area contributed by atoms with Crippen molar-refractivity contribution < 1.29 is 24.2 Å². The Kier molecular flexibility index (Phi) is 6.29. The van der Waals surface area contributed by atoms with Gasteiger partial charge in [0.15, 0.2) is 0 Å².